The Bertz CT molecular complexity index is 184. The summed E-state index contributed by atoms with van der Waals surface area (Å²) in [5.74, 6) is 0. The van der Waals surface area contributed by atoms with Crippen molar-refractivity contribution in [3.63, 3.8) is 0 Å². The highest BCUT2D eigenvalue weighted by Gasteiger charge is 2.14. The summed E-state index contributed by atoms with van der Waals surface area (Å²) >= 11 is 0. The lowest BCUT2D eigenvalue weighted by Gasteiger charge is -2.23. The molecule has 18 heavy (non-hydrogen) atoms. The first-order valence-corrected chi connectivity index (χ1v) is 7.95. The summed E-state index contributed by atoms with van der Waals surface area (Å²) in [5, 5.41) is 7.29. The van der Waals surface area contributed by atoms with Crippen LogP contribution in [0.3, 0.4) is 0 Å². The van der Waals surface area contributed by atoms with Gasteiger partial charge in [0.25, 0.3) is 0 Å². The lowest BCUT2D eigenvalue weighted by Crippen LogP contribution is -2.37. The minimum atomic E-state index is 0.670. The van der Waals surface area contributed by atoms with Crippen LogP contribution in [0.1, 0.15) is 52.9 Å². The van der Waals surface area contributed by atoms with E-state index in [1.165, 1.54) is 64.8 Å². The summed E-state index contributed by atoms with van der Waals surface area (Å²) < 4.78 is 0. The SMILES string of the molecule is CCN(CC)CCCC(C)NC1CCCNCC1. The van der Waals surface area contributed by atoms with Crippen LogP contribution in [-0.2, 0) is 0 Å². The van der Waals surface area contributed by atoms with Gasteiger partial charge in [0.05, 0.1) is 0 Å². The second-order valence-corrected chi connectivity index (χ2v) is 5.61. The summed E-state index contributed by atoms with van der Waals surface area (Å²) in [5.41, 5.74) is 0. The van der Waals surface area contributed by atoms with Gasteiger partial charge in [-0.05, 0) is 71.8 Å². The van der Waals surface area contributed by atoms with Crippen LogP contribution >= 0.6 is 0 Å². The molecule has 108 valence electrons. The van der Waals surface area contributed by atoms with Gasteiger partial charge in [-0.2, -0.15) is 0 Å². The first kappa shape index (κ1) is 15.9. The van der Waals surface area contributed by atoms with Crippen LogP contribution in [0.2, 0.25) is 0 Å². The summed E-state index contributed by atoms with van der Waals surface area (Å²) in [4.78, 5) is 2.52. The number of hydrogen-bond acceptors (Lipinski definition) is 3. The maximum atomic E-state index is 3.81. The average molecular weight is 255 g/mol. The molecule has 0 aromatic heterocycles. The van der Waals surface area contributed by atoms with Crippen molar-refractivity contribution < 1.29 is 0 Å². The molecular weight excluding hydrogens is 222 g/mol. The van der Waals surface area contributed by atoms with E-state index in [2.05, 4.69) is 36.3 Å². The smallest absolute Gasteiger partial charge is 0.00820 e. The monoisotopic (exact) mass is 255 g/mol. The molecule has 2 N–H and O–H groups in total. The third-order valence-electron chi connectivity index (χ3n) is 4.10. The molecule has 3 heteroatoms. The molecule has 0 saturated carbocycles. The third kappa shape index (κ3) is 6.72. The molecule has 0 bridgehead atoms. The fourth-order valence-corrected chi connectivity index (χ4v) is 2.83. The Morgan fingerprint density at radius 2 is 2.00 bits per heavy atom. The van der Waals surface area contributed by atoms with Crippen LogP contribution in [0.15, 0.2) is 0 Å². The van der Waals surface area contributed by atoms with Crippen LogP contribution < -0.4 is 10.6 Å². The average Bonchev–Trinajstić information content (AvgIpc) is 2.63. The Kier molecular flexibility index (Phi) is 8.64. The number of hydrogen-bond donors (Lipinski definition) is 2. The Morgan fingerprint density at radius 3 is 2.72 bits per heavy atom. The first-order chi connectivity index (χ1) is 8.76. The maximum absolute atomic E-state index is 3.81. The van der Waals surface area contributed by atoms with Crippen molar-refractivity contribution in [2.45, 2.75) is 65.0 Å². The van der Waals surface area contributed by atoms with Crippen molar-refractivity contribution in [1.29, 1.82) is 0 Å². The molecule has 1 rings (SSSR count). The van der Waals surface area contributed by atoms with E-state index in [4.69, 9.17) is 0 Å². The molecule has 2 unspecified atom stereocenters. The van der Waals surface area contributed by atoms with E-state index in [0.29, 0.717) is 6.04 Å². The maximum Gasteiger partial charge on any atom is 0.00820 e. The topological polar surface area (TPSA) is 27.3 Å². The van der Waals surface area contributed by atoms with Crippen molar-refractivity contribution in [3.8, 4) is 0 Å². The van der Waals surface area contributed by atoms with Gasteiger partial charge in [0, 0.05) is 12.1 Å². The molecule has 0 spiro atoms. The molecule has 1 fully saturated rings. The predicted molar refractivity (Wildman–Crippen MR) is 80.1 cm³/mol. The summed E-state index contributed by atoms with van der Waals surface area (Å²) in [7, 11) is 0. The molecule has 2 atom stereocenters. The summed E-state index contributed by atoms with van der Waals surface area (Å²) in [6, 6.07) is 1.41. The molecule has 0 aromatic carbocycles. The zero-order chi connectivity index (χ0) is 13.2. The van der Waals surface area contributed by atoms with E-state index in [1.807, 2.05) is 0 Å². The fourth-order valence-electron chi connectivity index (χ4n) is 2.83. The van der Waals surface area contributed by atoms with E-state index < -0.39 is 0 Å². The highest BCUT2D eigenvalue weighted by atomic mass is 15.1. The van der Waals surface area contributed by atoms with E-state index >= 15 is 0 Å². The van der Waals surface area contributed by atoms with Gasteiger partial charge in [-0.15, -0.1) is 0 Å². The largest absolute Gasteiger partial charge is 0.317 e. The van der Waals surface area contributed by atoms with Crippen molar-refractivity contribution in [3.05, 3.63) is 0 Å². The van der Waals surface area contributed by atoms with Gasteiger partial charge in [0.15, 0.2) is 0 Å². The third-order valence-corrected chi connectivity index (χ3v) is 4.10. The van der Waals surface area contributed by atoms with Crippen LogP contribution in [0.4, 0.5) is 0 Å². The van der Waals surface area contributed by atoms with E-state index in [-0.39, 0.29) is 0 Å². The van der Waals surface area contributed by atoms with Crippen LogP contribution in [0.25, 0.3) is 0 Å². The van der Waals surface area contributed by atoms with Gasteiger partial charge < -0.3 is 15.5 Å². The van der Waals surface area contributed by atoms with Crippen LogP contribution in [0.5, 0.6) is 0 Å². The Labute approximate surface area is 114 Å². The molecule has 0 amide bonds. The number of nitrogens with zero attached hydrogens (tertiary/aromatic N) is 1. The molecule has 3 nitrogen and oxygen atoms in total. The van der Waals surface area contributed by atoms with Gasteiger partial charge in [-0.1, -0.05) is 13.8 Å². The van der Waals surface area contributed by atoms with E-state index in [9.17, 15) is 0 Å². The molecule has 1 aliphatic rings. The first-order valence-electron chi connectivity index (χ1n) is 7.95. The normalized spacial score (nSPS) is 23.0. The Morgan fingerprint density at radius 1 is 1.22 bits per heavy atom. The van der Waals surface area contributed by atoms with Crippen molar-refractivity contribution >= 4 is 0 Å². The molecule has 1 aliphatic heterocycles. The summed E-state index contributed by atoms with van der Waals surface area (Å²) in [6.07, 6.45) is 6.58. The molecular formula is C15H33N3. The lowest BCUT2D eigenvalue weighted by atomic mass is 10.1. The van der Waals surface area contributed by atoms with Gasteiger partial charge in [-0.3, -0.25) is 0 Å². The zero-order valence-corrected chi connectivity index (χ0v) is 12.7. The minimum Gasteiger partial charge on any atom is -0.317 e. The van der Waals surface area contributed by atoms with E-state index in [1.54, 1.807) is 0 Å². The van der Waals surface area contributed by atoms with E-state index in [0.717, 1.165) is 6.04 Å². The lowest BCUT2D eigenvalue weighted by molar-refractivity contribution is 0.286. The highest BCUT2D eigenvalue weighted by Crippen LogP contribution is 2.08. The zero-order valence-electron chi connectivity index (χ0n) is 12.7. The van der Waals surface area contributed by atoms with Crippen molar-refractivity contribution in [2.75, 3.05) is 32.7 Å². The van der Waals surface area contributed by atoms with Crippen LogP contribution in [-0.4, -0.2) is 49.7 Å². The molecule has 0 aromatic rings. The van der Waals surface area contributed by atoms with Gasteiger partial charge >= 0.3 is 0 Å². The number of nitrogens with one attached hydrogen (secondary N) is 2. The van der Waals surface area contributed by atoms with Gasteiger partial charge in [-0.25, -0.2) is 0 Å². The minimum absolute atomic E-state index is 0.670. The Hall–Kier alpha value is -0.120. The molecule has 1 saturated heterocycles. The quantitative estimate of drug-likeness (QED) is 0.696. The van der Waals surface area contributed by atoms with Crippen LogP contribution in [0, 0.1) is 0 Å². The van der Waals surface area contributed by atoms with Gasteiger partial charge in [0.1, 0.15) is 0 Å². The number of rotatable bonds is 8. The van der Waals surface area contributed by atoms with Crippen molar-refractivity contribution in [1.82, 2.24) is 15.5 Å². The molecule has 0 aliphatic carbocycles. The predicted octanol–water partition coefficient (Wildman–Crippen LogP) is 2.23. The second-order valence-electron chi connectivity index (χ2n) is 5.61. The molecule has 0 radical (unpaired) electrons. The van der Waals surface area contributed by atoms with Gasteiger partial charge in [0.2, 0.25) is 0 Å². The van der Waals surface area contributed by atoms with Crippen molar-refractivity contribution in [2.24, 2.45) is 0 Å². The Balaban J connectivity index is 2.10. The second kappa shape index (κ2) is 9.76. The molecule has 1 heterocycles. The highest BCUT2D eigenvalue weighted by molar-refractivity contribution is 4.75. The standard InChI is InChI=1S/C15H33N3/c1-4-18(5-2)13-7-8-14(3)17-15-9-6-11-16-12-10-15/h14-17H,4-13H2,1-3H3. The fraction of sp³-hybridized carbons (Fsp3) is 1.00. The summed E-state index contributed by atoms with van der Waals surface area (Å²) in [6.45, 7) is 12.9.